The lowest BCUT2D eigenvalue weighted by atomic mass is 9.91. The molecule has 1 saturated carbocycles. The Labute approximate surface area is 149 Å². The van der Waals surface area contributed by atoms with Crippen LogP contribution in [-0.4, -0.2) is 25.2 Å². The molecule has 1 fully saturated rings. The largest absolute Gasteiger partial charge is 0.414 e. The summed E-state index contributed by atoms with van der Waals surface area (Å²) in [5, 5.41) is 9.01. The van der Waals surface area contributed by atoms with Crippen molar-refractivity contribution in [1.29, 1.82) is 5.26 Å². The van der Waals surface area contributed by atoms with Gasteiger partial charge in [0.1, 0.15) is 11.8 Å². The van der Waals surface area contributed by atoms with Gasteiger partial charge in [-0.3, -0.25) is 0 Å². The molecule has 1 N–H and O–H groups in total. The second-order valence-corrected chi connectivity index (χ2v) is 8.26. The van der Waals surface area contributed by atoms with Gasteiger partial charge >= 0.3 is 6.18 Å². The highest BCUT2D eigenvalue weighted by Crippen LogP contribution is 2.42. The minimum atomic E-state index is -4.75. The summed E-state index contributed by atoms with van der Waals surface area (Å²) >= 11 is 0. The molecule has 0 radical (unpaired) electrons. The first-order chi connectivity index (χ1) is 12.1. The Hall–Kier alpha value is -2.05. The number of nitrogens with one attached hydrogen (secondary N) is 1. The summed E-state index contributed by atoms with van der Waals surface area (Å²) < 4.78 is 69.5. The Balaban J connectivity index is 1.96. The van der Waals surface area contributed by atoms with Crippen LogP contribution in [0, 0.1) is 11.3 Å². The second kappa shape index (κ2) is 6.59. The fourth-order valence-electron chi connectivity index (χ4n) is 3.22. The van der Waals surface area contributed by atoms with Gasteiger partial charge in [-0.1, -0.05) is 12.5 Å². The summed E-state index contributed by atoms with van der Waals surface area (Å²) in [5.41, 5.74) is -0.199. The molecule has 1 aromatic rings. The number of hydrogen-bond donors (Lipinski definition) is 1. The third-order valence-electron chi connectivity index (χ3n) is 4.92. The lowest BCUT2D eigenvalue weighted by Gasteiger charge is -2.29. The molecule has 1 aromatic heterocycles. The third-order valence-corrected chi connectivity index (χ3v) is 6.52. The molecule has 26 heavy (non-hydrogen) atoms. The number of rotatable bonds is 4. The highest BCUT2D eigenvalue weighted by atomic mass is 32.2. The molecule has 3 rings (SSSR count). The lowest BCUT2D eigenvalue weighted by molar-refractivity contribution is -0.0948. The van der Waals surface area contributed by atoms with E-state index in [4.69, 9.17) is 5.26 Å². The molecule has 9 heteroatoms. The summed E-state index contributed by atoms with van der Waals surface area (Å²) in [5.74, 6) is -0.652. The number of nitriles is 1. The Kier molecular flexibility index (Phi) is 4.75. The van der Waals surface area contributed by atoms with Crippen molar-refractivity contribution in [3.63, 3.8) is 0 Å². The average molecular weight is 385 g/mol. The van der Waals surface area contributed by atoms with Crippen molar-refractivity contribution < 1.29 is 21.6 Å². The molecule has 2 aliphatic carbocycles. The maximum atomic E-state index is 13.6. The fourth-order valence-corrected chi connectivity index (χ4v) is 4.81. The predicted molar refractivity (Wildman–Crippen MR) is 89.4 cm³/mol. The zero-order valence-electron chi connectivity index (χ0n) is 14.0. The van der Waals surface area contributed by atoms with Crippen molar-refractivity contribution in [3.8, 4) is 6.07 Å². The number of nitrogens with zero attached hydrogens (tertiary/aromatic N) is 2. The van der Waals surface area contributed by atoms with Gasteiger partial charge in [0.05, 0.1) is 10.5 Å². The van der Waals surface area contributed by atoms with Crippen LogP contribution in [0.4, 0.5) is 13.2 Å². The smallest absolute Gasteiger partial charge is 0.339 e. The SMILES string of the molecule is Cn1c(C#N)ccc1C1C=CC(S(=O)(=O)NC2CCC2)=C(C(F)(F)F)C1. The summed E-state index contributed by atoms with van der Waals surface area (Å²) in [6.07, 6.45) is -0.594. The zero-order valence-corrected chi connectivity index (χ0v) is 14.9. The second-order valence-electron chi connectivity index (χ2n) is 6.57. The van der Waals surface area contributed by atoms with Gasteiger partial charge < -0.3 is 4.57 Å². The van der Waals surface area contributed by atoms with Crippen LogP contribution < -0.4 is 4.72 Å². The first-order valence-electron chi connectivity index (χ1n) is 8.20. The highest BCUT2D eigenvalue weighted by molar-refractivity contribution is 7.93. The molecule has 0 aromatic carbocycles. The van der Waals surface area contributed by atoms with Crippen LogP contribution in [0.15, 0.2) is 34.8 Å². The molecular weight excluding hydrogens is 367 g/mol. The number of halogens is 3. The van der Waals surface area contributed by atoms with Gasteiger partial charge in [0, 0.05) is 24.7 Å². The van der Waals surface area contributed by atoms with Gasteiger partial charge in [0.2, 0.25) is 10.0 Å². The highest BCUT2D eigenvalue weighted by Gasteiger charge is 2.42. The monoisotopic (exact) mass is 385 g/mol. The van der Waals surface area contributed by atoms with Crippen LogP contribution in [0.1, 0.15) is 43.0 Å². The van der Waals surface area contributed by atoms with E-state index < -0.39 is 39.0 Å². The molecule has 0 saturated heterocycles. The first kappa shape index (κ1) is 18.7. The molecule has 140 valence electrons. The summed E-state index contributed by atoms with van der Waals surface area (Å²) in [6, 6.07) is 4.79. The Morgan fingerprint density at radius 2 is 2.00 bits per heavy atom. The van der Waals surface area contributed by atoms with E-state index >= 15 is 0 Å². The molecular formula is C17H18F3N3O2S. The van der Waals surface area contributed by atoms with Crippen molar-refractivity contribution in [2.24, 2.45) is 7.05 Å². The Morgan fingerprint density at radius 3 is 2.50 bits per heavy atom. The van der Waals surface area contributed by atoms with Gasteiger partial charge in [-0.15, -0.1) is 0 Å². The molecule has 1 heterocycles. The van der Waals surface area contributed by atoms with Crippen molar-refractivity contribution in [2.75, 3.05) is 0 Å². The molecule has 1 atom stereocenters. The number of alkyl halides is 3. The van der Waals surface area contributed by atoms with Gasteiger partial charge in [-0.2, -0.15) is 18.4 Å². The maximum absolute atomic E-state index is 13.6. The standard InChI is InChI=1S/C17H18F3N3O2S/c1-23-13(10-21)6-7-15(23)11-5-8-16(14(9-11)17(18,19)20)26(24,25)22-12-3-2-4-12/h5-8,11-12,22H,2-4,9H2,1H3. The zero-order chi connectivity index (χ0) is 19.1. The van der Waals surface area contributed by atoms with Crippen LogP contribution in [0.3, 0.4) is 0 Å². The van der Waals surface area contributed by atoms with E-state index in [0.29, 0.717) is 24.2 Å². The number of hydrogen-bond acceptors (Lipinski definition) is 3. The molecule has 2 aliphatic rings. The Bertz CT molecular complexity index is 916. The third kappa shape index (κ3) is 3.44. The normalized spacial score (nSPS) is 21.6. The molecule has 0 bridgehead atoms. The van der Waals surface area contributed by atoms with E-state index in [0.717, 1.165) is 12.5 Å². The lowest BCUT2D eigenvalue weighted by Crippen LogP contribution is -2.40. The average Bonchev–Trinajstić information content (AvgIpc) is 2.90. The minimum absolute atomic E-state index is 0.292. The fraction of sp³-hybridized carbons (Fsp3) is 0.471. The van der Waals surface area contributed by atoms with Crippen molar-refractivity contribution in [3.05, 3.63) is 46.2 Å². The number of sulfonamides is 1. The van der Waals surface area contributed by atoms with E-state index in [1.165, 1.54) is 16.7 Å². The topological polar surface area (TPSA) is 74.9 Å². The van der Waals surface area contributed by atoms with Gasteiger partial charge in [-0.05, 0) is 37.5 Å². The molecule has 0 aliphatic heterocycles. The summed E-state index contributed by atoms with van der Waals surface area (Å²) in [6.45, 7) is 0. The predicted octanol–water partition coefficient (Wildman–Crippen LogP) is 3.23. The Morgan fingerprint density at radius 1 is 1.31 bits per heavy atom. The van der Waals surface area contributed by atoms with Crippen LogP contribution in [0.2, 0.25) is 0 Å². The van der Waals surface area contributed by atoms with Crippen molar-refractivity contribution in [2.45, 2.75) is 43.8 Å². The van der Waals surface area contributed by atoms with Crippen LogP contribution in [0.25, 0.3) is 0 Å². The number of aromatic nitrogens is 1. The molecule has 5 nitrogen and oxygen atoms in total. The molecule has 0 amide bonds. The van der Waals surface area contributed by atoms with Gasteiger partial charge in [0.15, 0.2) is 0 Å². The number of allylic oxidation sites excluding steroid dienone is 3. The van der Waals surface area contributed by atoms with Gasteiger partial charge in [0.25, 0.3) is 0 Å². The molecule has 1 unspecified atom stereocenters. The van der Waals surface area contributed by atoms with E-state index in [-0.39, 0.29) is 6.04 Å². The van der Waals surface area contributed by atoms with Crippen LogP contribution in [0.5, 0.6) is 0 Å². The van der Waals surface area contributed by atoms with Crippen molar-refractivity contribution in [1.82, 2.24) is 9.29 Å². The summed E-state index contributed by atoms with van der Waals surface area (Å²) in [7, 11) is -2.63. The summed E-state index contributed by atoms with van der Waals surface area (Å²) in [4.78, 5) is -0.706. The van der Waals surface area contributed by atoms with E-state index in [9.17, 15) is 21.6 Å². The van der Waals surface area contributed by atoms with Crippen LogP contribution in [-0.2, 0) is 17.1 Å². The maximum Gasteiger partial charge on any atom is 0.414 e. The van der Waals surface area contributed by atoms with E-state index in [2.05, 4.69) is 4.72 Å². The van der Waals surface area contributed by atoms with Crippen molar-refractivity contribution >= 4 is 10.0 Å². The van der Waals surface area contributed by atoms with E-state index in [1.54, 1.807) is 13.1 Å². The van der Waals surface area contributed by atoms with Gasteiger partial charge in [-0.25, -0.2) is 13.1 Å². The van der Waals surface area contributed by atoms with Crippen LogP contribution >= 0.6 is 0 Å². The minimum Gasteiger partial charge on any atom is -0.339 e. The molecule has 0 spiro atoms. The quantitative estimate of drug-likeness (QED) is 0.865. The first-order valence-corrected chi connectivity index (χ1v) is 9.68. The van der Waals surface area contributed by atoms with E-state index in [1.807, 2.05) is 6.07 Å².